The molecule has 0 radical (unpaired) electrons. The second kappa shape index (κ2) is 26.3. The summed E-state index contributed by atoms with van der Waals surface area (Å²) >= 11 is 8.02. The summed E-state index contributed by atoms with van der Waals surface area (Å²) < 4.78 is 38.6. The van der Waals surface area contributed by atoms with Crippen LogP contribution in [0, 0.1) is 0 Å². The fourth-order valence-corrected chi connectivity index (χ4v) is 16.3. The Morgan fingerprint density at radius 3 is 0.742 bits per heavy atom. The highest BCUT2D eigenvalue weighted by molar-refractivity contribution is 7.47. The number of fused-ring (bicyclic) bond motifs is 5. The fraction of sp³-hybridized carbons (Fsp3) is 0.821. The molecule has 0 N–H and O–H groups in total. The Morgan fingerprint density at radius 2 is 0.500 bits per heavy atom. The fourth-order valence-electron chi connectivity index (χ4n) is 10.1. The van der Waals surface area contributed by atoms with Crippen LogP contribution in [0.15, 0.2) is 0 Å². The molecule has 0 aliphatic carbocycles. The molecule has 6 heterocycles. The van der Waals surface area contributed by atoms with E-state index in [1.54, 1.807) is 0 Å². The summed E-state index contributed by atoms with van der Waals surface area (Å²) in [5.41, 5.74) is 1.57. The molecular weight excluding hydrogens is 887 g/mol. The lowest BCUT2D eigenvalue weighted by Crippen LogP contribution is -2.41. The molecule has 10 heteroatoms. The van der Waals surface area contributed by atoms with Crippen molar-refractivity contribution in [2.75, 3.05) is 0 Å². The van der Waals surface area contributed by atoms with Gasteiger partial charge in [0.05, 0.1) is 50.6 Å². The van der Waals surface area contributed by atoms with Gasteiger partial charge >= 0.3 is 14.2 Å². The predicted molar refractivity (Wildman–Crippen MR) is 299 cm³/mol. The quantitative estimate of drug-likeness (QED) is 0.0345. The maximum Gasteiger partial charge on any atom is 0.505 e. The smallest absolute Gasteiger partial charge is 0.399 e. The summed E-state index contributed by atoms with van der Waals surface area (Å²) in [5, 5.41) is 0. The Balaban J connectivity index is 1.10. The van der Waals surface area contributed by atoms with Crippen LogP contribution < -0.4 is 9.55 Å². The SMILES string of the molecule is CCCCCCCCCCCCCCCCCc1c(B2OC(C)(C)C(C)(C)O2)sc2c1sc1c3sc(B4OC(C)(C)C(C)(C)O4)c(CCCCCCCCCCCCCCCCC)c3sc21. The number of aryl methyl sites for hydroxylation is 2. The molecular formula is C56H94B2O4S4. The van der Waals surface area contributed by atoms with Gasteiger partial charge in [-0.2, -0.15) is 0 Å². The lowest BCUT2D eigenvalue weighted by Gasteiger charge is -2.32. The van der Waals surface area contributed by atoms with E-state index in [1.807, 2.05) is 45.3 Å². The lowest BCUT2D eigenvalue weighted by molar-refractivity contribution is 0.00578. The number of thiophene rings is 4. The minimum atomic E-state index is -0.354. The highest BCUT2D eigenvalue weighted by atomic mass is 32.1. The van der Waals surface area contributed by atoms with Gasteiger partial charge in [-0.3, -0.25) is 0 Å². The number of unbranched alkanes of at least 4 members (excludes halogenated alkanes) is 28. The van der Waals surface area contributed by atoms with Gasteiger partial charge in [0.1, 0.15) is 0 Å². The third-order valence-corrected chi connectivity index (χ3v) is 21.7. The predicted octanol–water partition coefficient (Wildman–Crippen LogP) is 18.8. The van der Waals surface area contributed by atoms with Crippen LogP contribution in [0.5, 0.6) is 0 Å². The van der Waals surface area contributed by atoms with Crippen molar-refractivity contribution in [1.82, 2.24) is 0 Å². The first-order chi connectivity index (χ1) is 31.7. The van der Waals surface area contributed by atoms with E-state index in [4.69, 9.17) is 18.6 Å². The largest absolute Gasteiger partial charge is 0.505 e. The maximum absolute atomic E-state index is 6.79. The van der Waals surface area contributed by atoms with Crippen molar-refractivity contribution >= 4 is 97.3 Å². The highest BCUT2D eigenvalue weighted by Crippen LogP contribution is 2.51. The Labute approximate surface area is 421 Å². The van der Waals surface area contributed by atoms with Gasteiger partial charge in [-0.15, -0.1) is 45.3 Å². The lowest BCUT2D eigenvalue weighted by atomic mass is 9.83. The van der Waals surface area contributed by atoms with E-state index in [0.29, 0.717) is 0 Å². The van der Waals surface area contributed by atoms with Crippen LogP contribution in [0.3, 0.4) is 0 Å². The van der Waals surface area contributed by atoms with Crippen molar-refractivity contribution in [3.05, 3.63) is 11.1 Å². The second-order valence-corrected chi connectivity index (χ2v) is 26.8. The molecule has 4 aromatic heterocycles. The van der Waals surface area contributed by atoms with Crippen LogP contribution in [0.1, 0.15) is 273 Å². The van der Waals surface area contributed by atoms with E-state index in [9.17, 15) is 0 Å². The summed E-state index contributed by atoms with van der Waals surface area (Å²) in [7, 11) is -0.615. The summed E-state index contributed by atoms with van der Waals surface area (Å²) in [6.45, 7) is 22.2. The first-order valence-corrected chi connectivity index (χ1v) is 31.1. The van der Waals surface area contributed by atoms with Gasteiger partial charge in [-0.25, -0.2) is 0 Å². The van der Waals surface area contributed by atoms with E-state index in [1.165, 1.54) is 242 Å². The molecule has 0 spiro atoms. The molecule has 0 aromatic carbocycles. The minimum absolute atomic E-state index is 0.308. The van der Waals surface area contributed by atoms with Crippen molar-refractivity contribution in [2.45, 2.75) is 297 Å². The molecule has 4 aromatic rings. The van der Waals surface area contributed by atoms with Crippen LogP contribution in [-0.2, 0) is 31.5 Å². The van der Waals surface area contributed by atoms with Gasteiger partial charge in [0, 0.05) is 9.55 Å². The van der Waals surface area contributed by atoms with Crippen molar-refractivity contribution in [3.8, 4) is 0 Å². The number of rotatable bonds is 34. The van der Waals surface area contributed by atoms with E-state index in [2.05, 4.69) is 69.2 Å². The van der Waals surface area contributed by atoms with Gasteiger partial charge in [-0.05, 0) is 92.2 Å². The zero-order chi connectivity index (χ0) is 47.2. The summed E-state index contributed by atoms with van der Waals surface area (Å²) in [6, 6.07) is 0. The molecule has 0 atom stereocenters. The number of hydrogen-bond donors (Lipinski definition) is 0. The van der Waals surface area contributed by atoms with E-state index in [0.717, 1.165) is 12.8 Å². The Bertz CT molecular complexity index is 1840. The zero-order valence-corrected chi connectivity index (χ0v) is 47.3. The molecule has 0 unspecified atom stereocenters. The molecule has 372 valence electrons. The standard InChI is InChI=1S/C56H94B2O4S4/c1-11-13-15-17-19-21-23-25-27-29-31-33-35-37-39-41-43-45-47(65-51(43)57-59-53(3,4)54(5,6)60-57)49-50(63-45)48-46(64-49)44(52(66-48)58-61-55(7,8)56(9,10)62-58)42-40-38-36-34-32-30-28-26-24-22-20-18-16-14-12-2/h11-42H2,1-10H3. The number of hydrogen-bond acceptors (Lipinski definition) is 8. The maximum atomic E-state index is 6.79. The van der Waals surface area contributed by atoms with Crippen LogP contribution in [-0.4, -0.2) is 36.6 Å². The molecule has 2 aliphatic heterocycles. The topological polar surface area (TPSA) is 36.9 Å². The zero-order valence-electron chi connectivity index (χ0n) is 44.0. The average Bonchev–Trinajstić information content (AvgIpc) is 4.07. The normalized spacial score (nSPS) is 17.8. The van der Waals surface area contributed by atoms with Crippen molar-refractivity contribution < 1.29 is 18.6 Å². The Morgan fingerprint density at radius 1 is 0.288 bits per heavy atom. The first kappa shape index (κ1) is 54.9. The molecule has 66 heavy (non-hydrogen) atoms. The molecule has 2 fully saturated rings. The van der Waals surface area contributed by atoms with Crippen LogP contribution in [0.2, 0.25) is 0 Å². The van der Waals surface area contributed by atoms with E-state index >= 15 is 0 Å². The van der Waals surface area contributed by atoms with Gasteiger partial charge in [-0.1, -0.05) is 194 Å². The Kier molecular flexibility index (Phi) is 21.9. The van der Waals surface area contributed by atoms with Crippen molar-refractivity contribution in [1.29, 1.82) is 0 Å². The third kappa shape index (κ3) is 14.4. The van der Waals surface area contributed by atoms with Crippen LogP contribution in [0.4, 0.5) is 0 Å². The molecule has 0 amide bonds. The van der Waals surface area contributed by atoms with Crippen LogP contribution >= 0.6 is 45.3 Å². The molecule has 4 nitrogen and oxygen atoms in total. The molecule has 0 saturated carbocycles. The summed E-state index contributed by atoms with van der Waals surface area (Å²) in [4.78, 5) is 0. The second-order valence-electron chi connectivity index (χ2n) is 22.6. The minimum Gasteiger partial charge on any atom is -0.399 e. The molecule has 2 aliphatic rings. The molecule has 2 saturated heterocycles. The third-order valence-electron chi connectivity index (χ3n) is 16.0. The van der Waals surface area contributed by atoms with Gasteiger partial charge < -0.3 is 18.6 Å². The van der Waals surface area contributed by atoms with Crippen molar-refractivity contribution in [2.24, 2.45) is 0 Å². The Hall–Kier alpha value is -0.450. The van der Waals surface area contributed by atoms with E-state index < -0.39 is 0 Å². The molecule has 6 rings (SSSR count). The monoisotopic (exact) mass is 981 g/mol. The first-order valence-electron chi connectivity index (χ1n) is 27.8. The summed E-state index contributed by atoms with van der Waals surface area (Å²) in [5.74, 6) is 0. The van der Waals surface area contributed by atoms with Crippen LogP contribution in [0.25, 0.3) is 28.2 Å². The van der Waals surface area contributed by atoms with Gasteiger partial charge in [0.2, 0.25) is 0 Å². The van der Waals surface area contributed by atoms with Gasteiger partial charge in [0.15, 0.2) is 0 Å². The average molecular weight is 981 g/mol. The highest BCUT2D eigenvalue weighted by Gasteiger charge is 2.54. The van der Waals surface area contributed by atoms with Crippen molar-refractivity contribution in [3.63, 3.8) is 0 Å². The van der Waals surface area contributed by atoms with Gasteiger partial charge in [0.25, 0.3) is 0 Å². The summed E-state index contributed by atoms with van der Waals surface area (Å²) in [6.07, 6.45) is 43.9. The molecule has 0 bridgehead atoms. The van der Waals surface area contributed by atoms with E-state index in [-0.39, 0.29) is 36.6 Å².